The fourth-order valence-electron chi connectivity index (χ4n) is 3.70. The summed E-state index contributed by atoms with van der Waals surface area (Å²) in [5.41, 5.74) is 0.383. The van der Waals surface area contributed by atoms with Gasteiger partial charge in [0.05, 0.1) is 12.7 Å². The predicted molar refractivity (Wildman–Crippen MR) is 107 cm³/mol. The zero-order valence-corrected chi connectivity index (χ0v) is 17.3. The molecule has 2 aromatic rings. The second kappa shape index (κ2) is 9.06. The van der Waals surface area contributed by atoms with E-state index in [1.54, 1.807) is 0 Å². The minimum absolute atomic E-state index is 0.112. The number of carbonyl (C=O) groups excluding carboxylic acids is 3. The maximum atomic E-state index is 12.9. The Morgan fingerprint density at radius 2 is 1.77 bits per heavy atom. The molecule has 2 aromatic heterocycles. The Kier molecular flexibility index (Phi) is 6.05. The molecule has 0 aliphatic carbocycles. The van der Waals surface area contributed by atoms with Gasteiger partial charge in [0.2, 0.25) is 0 Å². The van der Waals surface area contributed by atoms with Crippen LogP contribution in [0.2, 0.25) is 0 Å². The number of hydrazine groups is 1. The lowest BCUT2D eigenvalue weighted by molar-refractivity contribution is -0.141. The van der Waals surface area contributed by atoms with E-state index < -0.39 is 11.9 Å². The number of esters is 1. The number of rotatable bonds is 5. The summed E-state index contributed by atoms with van der Waals surface area (Å²) in [6, 6.07) is 2.91. The van der Waals surface area contributed by atoms with Gasteiger partial charge in [-0.15, -0.1) is 5.10 Å². The van der Waals surface area contributed by atoms with Crippen LogP contribution in [0.4, 0.5) is 5.95 Å². The maximum absolute atomic E-state index is 12.9. The highest BCUT2D eigenvalue weighted by molar-refractivity contribution is 5.95. The molecule has 4 rings (SSSR count). The lowest BCUT2D eigenvalue weighted by Gasteiger charge is -2.27. The highest BCUT2D eigenvalue weighted by Gasteiger charge is 2.32. The number of carbonyl (C=O) groups is 3. The molecule has 0 spiro atoms. The third kappa shape index (κ3) is 4.47. The molecule has 2 amide bonds. The van der Waals surface area contributed by atoms with Gasteiger partial charge < -0.3 is 9.64 Å². The Balaban J connectivity index is 1.40. The number of piperidine rings is 1. The Morgan fingerprint density at radius 3 is 2.48 bits per heavy atom. The standard InChI is InChI=1S/C19H24N8O4/c1-31-18(30)14-6-7-15(20-12-14)17(29)26-11-5-10-25(26)16(28)13-27-22-19(21-23-27)24-8-3-2-4-9-24/h6-7,12H,2-5,8-11,13H2,1H3. The highest BCUT2D eigenvalue weighted by Crippen LogP contribution is 2.17. The van der Waals surface area contributed by atoms with Crippen molar-refractivity contribution in [3.05, 3.63) is 29.6 Å². The van der Waals surface area contributed by atoms with Crippen LogP contribution in [0.25, 0.3) is 0 Å². The Labute approximate surface area is 178 Å². The van der Waals surface area contributed by atoms with Crippen LogP contribution in [-0.4, -0.2) is 86.3 Å². The number of hydrogen-bond acceptors (Lipinski definition) is 9. The van der Waals surface area contributed by atoms with E-state index in [9.17, 15) is 14.4 Å². The van der Waals surface area contributed by atoms with Gasteiger partial charge in [-0.2, -0.15) is 4.80 Å². The van der Waals surface area contributed by atoms with Crippen molar-refractivity contribution in [1.82, 2.24) is 35.2 Å². The van der Waals surface area contributed by atoms with Crippen molar-refractivity contribution >= 4 is 23.7 Å². The number of nitrogens with zero attached hydrogens (tertiary/aromatic N) is 8. The molecular weight excluding hydrogens is 404 g/mol. The molecular formula is C19H24N8O4. The molecule has 0 atom stereocenters. The lowest BCUT2D eigenvalue weighted by Crippen LogP contribution is -2.46. The molecule has 0 N–H and O–H groups in total. The Hall–Kier alpha value is -3.57. The largest absolute Gasteiger partial charge is 0.465 e. The number of hydrogen-bond donors (Lipinski definition) is 0. The van der Waals surface area contributed by atoms with E-state index in [1.807, 2.05) is 0 Å². The van der Waals surface area contributed by atoms with E-state index in [0.29, 0.717) is 25.5 Å². The van der Waals surface area contributed by atoms with E-state index in [0.717, 1.165) is 25.9 Å². The van der Waals surface area contributed by atoms with Crippen molar-refractivity contribution in [2.45, 2.75) is 32.2 Å². The summed E-state index contributed by atoms with van der Waals surface area (Å²) >= 11 is 0. The van der Waals surface area contributed by atoms with Gasteiger partial charge in [0.15, 0.2) is 0 Å². The number of ether oxygens (including phenoxy) is 1. The highest BCUT2D eigenvalue weighted by atomic mass is 16.5. The van der Waals surface area contributed by atoms with Crippen LogP contribution in [-0.2, 0) is 16.1 Å². The molecule has 2 saturated heterocycles. The number of amides is 2. The van der Waals surface area contributed by atoms with Crippen molar-refractivity contribution in [3.8, 4) is 0 Å². The molecule has 0 saturated carbocycles. The van der Waals surface area contributed by atoms with Crippen LogP contribution in [0.15, 0.2) is 18.3 Å². The third-order valence-electron chi connectivity index (χ3n) is 5.32. The van der Waals surface area contributed by atoms with Gasteiger partial charge in [0.25, 0.3) is 17.8 Å². The van der Waals surface area contributed by atoms with Gasteiger partial charge >= 0.3 is 5.97 Å². The topological polar surface area (TPSA) is 127 Å². The van der Waals surface area contributed by atoms with E-state index in [1.165, 1.54) is 46.7 Å². The van der Waals surface area contributed by atoms with Gasteiger partial charge in [-0.3, -0.25) is 14.6 Å². The van der Waals surface area contributed by atoms with Crippen LogP contribution in [0, 0.1) is 0 Å². The second-order valence-electron chi connectivity index (χ2n) is 7.39. The first-order valence-corrected chi connectivity index (χ1v) is 10.3. The van der Waals surface area contributed by atoms with Crippen molar-refractivity contribution in [1.29, 1.82) is 0 Å². The van der Waals surface area contributed by atoms with Gasteiger partial charge in [0.1, 0.15) is 12.2 Å². The molecule has 0 aromatic carbocycles. The number of aromatic nitrogens is 5. The fourth-order valence-corrected chi connectivity index (χ4v) is 3.70. The molecule has 0 unspecified atom stereocenters. The van der Waals surface area contributed by atoms with Gasteiger partial charge in [-0.05, 0) is 43.0 Å². The van der Waals surface area contributed by atoms with Crippen LogP contribution < -0.4 is 4.90 Å². The normalized spacial score (nSPS) is 16.5. The molecule has 12 heteroatoms. The van der Waals surface area contributed by atoms with Gasteiger partial charge in [-0.25, -0.2) is 14.8 Å². The van der Waals surface area contributed by atoms with Crippen LogP contribution >= 0.6 is 0 Å². The molecule has 2 aliphatic heterocycles. The monoisotopic (exact) mass is 428 g/mol. The fraction of sp³-hybridized carbons (Fsp3) is 0.526. The predicted octanol–water partition coefficient (Wildman–Crippen LogP) is 0.135. The third-order valence-corrected chi connectivity index (χ3v) is 5.32. The Bertz CT molecular complexity index is 954. The number of tetrazole rings is 1. The van der Waals surface area contributed by atoms with E-state index in [4.69, 9.17) is 0 Å². The van der Waals surface area contributed by atoms with Gasteiger partial charge in [-0.1, -0.05) is 5.10 Å². The maximum Gasteiger partial charge on any atom is 0.339 e. The summed E-state index contributed by atoms with van der Waals surface area (Å²) in [6.45, 7) is 2.47. The van der Waals surface area contributed by atoms with Crippen molar-refractivity contribution in [2.24, 2.45) is 0 Å². The average molecular weight is 428 g/mol. The molecule has 0 bridgehead atoms. The number of methoxy groups -OCH3 is 1. The summed E-state index contributed by atoms with van der Waals surface area (Å²) < 4.78 is 4.63. The quantitative estimate of drug-likeness (QED) is 0.611. The van der Waals surface area contributed by atoms with E-state index in [2.05, 4.69) is 30.0 Å². The summed E-state index contributed by atoms with van der Waals surface area (Å²) in [5, 5.41) is 15.1. The summed E-state index contributed by atoms with van der Waals surface area (Å²) in [7, 11) is 1.27. The SMILES string of the molecule is COC(=O)c1ccc(C(=O)N2CCCN2C(=O)Cn2nnc(N3CCCCC3)n2)nc1. The molecule has 31 heavy (non-hydrogen) atoms. The second-order valence-corrected chi connectivity index (χ2v) is 7.39. The first-order chi connectivity index (χ1) is 15.1. The first-order valence-electron chi connectivity index (χ1n) is 10.3. The summed E-state index contributed by atoms with van der Waals surface area (Å²) in [6.07, 6.45) is 5.31. The van der Waals surface area contributed by atoms with Crippen LogP contribution in [0.1, 0.15) is 46.5 Å². The Morgan fingerprint density at radius 1 is 1.00 bits per heavy atom. The smallest absolute Gasteiger partial charge is 0.339 e. The molecule has 164 valence electrons. The minimum atomic E-state index is -0.534. The average Bonchev–Trinajstić information content (AvgIpc) is 3.49. The van der Waals surface area contributed by atoms with Crippen molar-refractivity contribution in [3.63, 3.8) is 0 Å². The molecule has 2 aliphatic rings. The first kappa shape index (κ1) is 20.7. The van der Waals surface area contributed by atoms with E-state index >= 15 is 0 Å². The van der Waals surface area contributed by atoms with Gasteiger partial charge in [0, 0.05) is 32.4 Å². The van der Waals surface area contributed by atoms with Crippen LogP contribution in [0.3, 0.4) is 0 Å². The minimum Gasteiger partial charge on any atom is -0.465 e. The number of pyridine rings is 1. The van der Waals surface area contributed by atoms with Crippen molar-refractivity contribution in [2.75, 3.05) is 38.2 Å². The molecule has 12 nitrogen and oxygen atoms in total. The number of anilines is 1. The lowest BCUT2D eigenvalue weighted by atomic mass is 10.1. The summed E-state index contributed by atoms with van der Waals surface area (Å²) in [4.78, 5) is 44.6. The van der Waals surface area contributed by atoms with Crippen molar-refractivity contribution < 1.29 is 19.1 Å². The zero-order valence-electron chi connectivity index (χ0n) is 17.3. The zero-order chi connectivity index (χ0) is 21.8. The molecule has 2 fully saturated rings. The summed E-state index contributed by atoms with van der Waals surface area (Å²) in [5.74, 6) is -0.729. The molecule has 4 heterocycles. The van der Waals surface area contributed by atoms with Crippen LogP contribution in [0.5, 0.6) is 0 Å². The van der Waals surface area contributed by atoms with E-state index in [-0.39, 0.29) is 23.7 Å². The molecule has 0 radical (unpaired) electrons.